The Kier molecular flexibility index (Phi) is 9.72. The molecule has 0 aromatic heterocycles. The quantitative estimate of drug-likeness (QED) is 0.296. The Labute approximate surface area is 154 Å². The Hall–Kier alpha value is -0.883. The molecule has 0 aromatic rings. The van der Waals surface area contributed by atoms with Gasteiger partial charge in [0.2, 0.25) is 5.91 Å². The molecular formula is C19H37NO4Si. The highest BCUT2D eigenvalue weighted by atomic mass is 28.4. The number of esters is 1. The molecule has 1 amide bonds. The van der Waals surface area contributed by atoms with Crippen molar-refractivity contribution >= 4 is 20.2 Å². The lowest BCUT2D eigenvalue weighted by atomic mass is 9.93. The fraction of sp³-hybridized carbons (Fsp3) is 0.895. The summed E-state index contributed by atoms with van der Waals surface area (Å²) >= 11 is 0. The summed E-state index contributed by atoms with van der Waals surface area (Å²) in [6.45, 7) is 10.0. The van der Waals surface area contributed by atoms with Crippen LogP contribution in [0.15, 0.2) is 0 Å². The van der Waals surface area contributed by atoms with Crippen molar-refractivity contribution in [2.45, 2.75) is 104 Å². The smallest absolute Gasteiger partial charge is 0.304 e. The lowest BCUT2D eigenvalue weighted by Gasteiger charge is -2.43. The van der Waals surface area contributed by atoms with E-state index >= 15 is 0 Å². The second-order valence-electron chi connectivity index (χ2n) is 7.38. The highest BCUT2D eigenvalue weighted by molar-refractivity contribution is 6.73. The second kappa shape index (κ2) is 11.0. The number of hydrogen-bond donors (Lipinski definition) is 1. The van der Waals surface area contributed by atoms with Gasteiger partial charge in [-0.3, -0.25) is 9.59 Å². The molecule has 0 aliphatic carbocycles. The van der Waals surface area contributed by atoms with E-state index in [0.717, 1.165) is 0 Å². The first-order valence-corrected chi connectivity index (χ1v) is 12.6. The van der Waals surface area contributed by atoms with Crippen LogP contribution in [0.4, 0.5) is 0 Å². The SMILES string of the molecule is CCCC[Si](CCCC)(CCCC)O[C@H](C)[C@H]1C(=O)N[C@@H]1OC(C)=O. The van der Waals surface area contributed by atoms with E-state index in [1.165, 1.54) is 63.6 Å². The maximum atomic E-state index is 12.0. The van der Waals surface area contributed by atoms with Crippen LogP contribution in [0.5, 0.6) is 0 Å². The predicted molar refractivity (Wildman–Crippen MR) is 103 cm³/mol. The first-order chi connectivity index (χ1) is 11.9. The van der Waals surface area contributed by atoms with Gasteiger partial charge in [-0.25, -0.2) is 0 Å². The van der Waals surface area contributed by atoms with E-state index in [-0.39, 0.29) is 23.9 Å². The number of nitrogens with one attached hydrogen (secondary N) is 1. The van der Waals surface area contributed by atoms with Crippen molar-refractivity contribution in [3.05, 3.63) is 0 Å². The van der Waals surface area contributed by atoms with Crippen molar-refractivity contribution in [2.75, 3.05) is 0 Å². The fourth-order valence-corrected chi connectivity index (χ4v) is 8.66. The zero-order valence-corrected chi connectivity index (χ0v) is 17.7. The number of hydrogen-bond acceptors (Lipinski definition) is 4. The molecule has 146 valence electrons. The second-order valence-corrected chi connectivity index (χ2v) is 11.5. The van der Waals surface area contributed by atoms with Crippen molar-refractivity contribution in [1.82, 2.24) is 5.32 Å². The molecule has 1 N–H and O–H groups in total. The summed E-state index contributed by atoms with van der Waals surface area (Å²) in [5.41, 5.74) is 0. The summed E-state index contributed by atoms with van der Waals surface area (Å²) in [5, 5.41) is 2.67. The van der Waals surface area contributed by atoms with Crippen LogP contribution in [-0.2, 0) is 18.8 Å². The number of carbonyl (C=O) groups is 2. The van der Waals surface area contributed by atoms with E-state index in [1.807, 2.05) is 6.92 Å². The topological polar surface area (TPSA) is 64.6 Å². The molecule has 0 unspecified atom stereocenters. The summed E-state index contributed by atoms with van der Waals surface area (Å²) in [4.78, 5) is 23.3. The highest BCUT2D eigenvalue weighted by Crippen LogP contribution is 2.34. The molecule has 5 nitrogen and oxygen atoms in total. The molecule has 1 aliphatic rings. The first-order valence-electron chi connectivity index (χ1n) is 10.0. The van der Waals surface area contributed by atoms with Gasteiger partial charge in [-0.05, 0) is 25.1 Å². The summed E-state index contributed by atoms with van der Waals surface area (Å²) in [6, 6.07) is 3.50. The van der Waals surface area contributed by atoms with Crippen LogP contribution in [0.2, 0.25) is 18.1 Å². The van der Waals surface area contributed by atoms with Crippen LogP contribution in [0, 0.1) is 5.92 Å². The molecule has 1 saturated heterocycles. The number of ether oxygens (including phenoxy) is 1. The standard InChI is InChI=1S/C19H37NO4Si/c1-6-9-12-25(13-10-7-2,14-11-8-3)24-15(4)17-18(22)20-19(17)23-16(5)21/h15,17,19H,6-14H2,1-5H3,(H,20,22)/t15-,17+,19-/m1/s1. The Morgan fingerprint density at radius 2 is 1.56 bits per heavy atom. The van der Waals surface area contributed by atoms with Crippen molar-refractivity contribution < 1.29 is 18.8 Å². The minimum Gasteiger partial charge on any atom is -0.441 e. The monoisotopic (exact) mass is 371 g/mol. The van der Waals surface area contributed by atoms with Crippen LogP contribution in [0.1, 0.15) is 73.1 Å². The molecular weight excluding hydrogens is 334 g/mol. The lowest BCUT2D eigenvalue weighted by Crippen LogP contribution is -2.64. The van der Waals surface area contributed by atoms with E-state index in [4.69, 9.17) is 9.16 Å². The molecule has 0 radical (unpaired) electrons. The van der Waals surface area contributed by atoms with Gasteiger partial charge < -0.3 is 14.5 Å². The van der Waals surface area contributed by atoms with Gasteiger partial charge >= 0.3 is 5.97 Å². The van der Waals surface area contributed by atoms with Gasteiger partial charge in [-0.15, -0.1) is 0 Å². The molecule has 25 heavy (non-hydrogen) atoms. The van der Waals surface area contributed by atoms with Crippen LogP contribution < -0.4 is 5.32 Å². The molecule has 0 bridgehead atoms. The molecule has 1 fully saturated rings. The summed E-state index contributed by atoms with van der Waals surface area (Å²) < 4.78 is 11.9. The third kappa shape index (κ3) is 6.74. The molecule has 6 heteroatoms. The highest BCUT2D eigenvalue weighted by Gasteiger charge is 2.48. The van der Waals surface area contributed by atoms with E-state index < -0.39 is 14.5 Å². The number of amides is 1. The van der Waals surface area contributed by atoms with Gasteiger partial charge in [0.25, 0.3) is 0 Å². The zero-order chi connectivity index (χ0) is 18.9. The molecule has 1 aliphatic heterocycles. The Balaban J connectivity index is 2.84. The van der Waals surface area contributed by atoms with E-state index in [2.05, 4.69) is 26.1 Å². The molecule has 3 atom stereocenters. The molecule has 0 spiro atoms. The third-order valence-electron chi connectivity index (χ3n) is 5.11. The van der Waals surface area contributed by atoms with Gasteiger partial charge in [0.05, 0.1) is 6.10 Å². The number of carbonyl (C=O) groups excluding carboxylic acids is 2. The number of rotatable bonds is 13. The van der Waals surface area contributed by atoms with Crippen molar-refractivity contribution in [3.63, 3.8) is 0 Å². The number of β-lactam (4-membered cyclic amide) rings is 1. The summed E-state index contributed by atoms with van der Waals surface area (Å²) in [7, 11) is -1.89. The first kappa shape index (κ1) is 22.2. The average molecular weight is 372 g/mol. The van der Waals surface area contributed by atoms with Crippen molar-refractivity contribution in [1.29, 1.82) is 0 Å². The number of unbranched alkanes of at least 4 members (excludes halogenated alkanes) is 3. The molecule has 1 rings (SSSR count). The molecule has 0 saturated carbocycles. The van der Waals surface area contributed by atoms with Gasteiger partial charge in [0.1, 0.15) is 5.92 Å². The largest absolute Gasteiger partial charge is 0.441 e. The predicted octanol–water partition coefficient (Wildman–Crippen LogP) is 4.37. The van der Waals surface area contributed by atoms with E-state index in [0.29, 0.717) is 0 Å². The normalized spacial score (nSPS) is 21.4. The van der Waals surface area contributed by atoms with Gasteiger partial charge in [-0.1, -0.05) is 59.3 Å². The maximum Gasteiger partial charge on any atom is 0.304 e. The van der Waals surface area contributed by atoms with Gasteiger partial charge in [0, 0.05) is 6.92 Å². The Morgan fingerprint density at radius 3 is 1.92 bits per heavy atom. The van der Waals surface area contributed by atoms with Crippen LogP contribution >= 0.6 is 0 Å². The third-order valence-corrected chi connectivity index (χ3v) is 9.77. The fourth-order valence-electron chi connectivity index (χ4n) is 3.62. The van der Waals surface area contributed by atoms with Crippen LogP contribution in [0.3, 0.4) is 0 Å². The van der Waals surface area contributed by atoms with Crippen molar-refractivity contribution in [3.8, 4) is 0 Å². The van der Waals surface area contributed by atoms with Gasteiger partial charge in [0.15, 0.2) is 14.5 Å². The average Bonchev–Trinajstić information content (AvgIpc) is 2.54. The Bertz CT molecular complexity index is 408. The van der Waals surface area contributed by atoms with Crippen LogP contribution in [0.25, 0.3) is 0 Å². The lowest BCUT2D eigenvalue weighted by molar-refractivity contribution is -0.173. The van der Waals surface area contributed by atoms with Gasteiger partial charge in [-0.2, -0.15) is 0 Å². The van der Waals surface area contributed by atoms with E-state index in [9.17, 15) is 9.59 Å². The maximum absolute atomic E-state index is 12.0. The van der Waals surface area contributed by atoms with Crippen LogP contribution in [-0.4, -0.2) is 32.5 Å². The minimum absolute atomic E-state index is 0.0666. The summed E-state index contributed by atoms with van der Waals surface area (Å²) in [6.07, 6.45) is 6.36. The molecule has 0 aromatic carbocycles. The van der Waals surface area contributed by atoms with E-state index in [1.54, 1.807) is 0 Å². The summed E-state index contributed by atoms with van der Waals surface area (Å²) in [5.74, 6) is -0.808. The van der Waals surface area contributed by atoms with Crippen molar-refractivity contribution in [2.24, 2.45) is 5.92 Å². The Morgan fingerprint density at radius 1 is 1.08 bits per heavy atom. The zero-order valence-electron chi connectivity index (χ0n) is 16.7. The molecule has 1 heterocycles. The minimum atomic E-state index is -1.89.